The average Bonchev–Trinajstić information content (AvgIpc) is 2.97. The molecule has 0 atom stereocenters. The van der Waals surface area contributed by atoms with Gasteiger partial charge in [0.25, 0.3) is 11.1 Å². The molecule has 28 heavy (non-hydrogen) atoms. The highest BCUT2D eigenvalue weighted by atomic mass is 32.2. The quantitative estimate of drug-likeness (QED) is 0.731. The summed E-state index contributed by atoms with van der Waals surface area (Å²) in [5, 5.41) is 1.75. The van der Waals surface area contributed by atoms with Crippen LogP contribution in [-0.2, 0) is 17.6 Å². The van der Waals surface area contributed by atoms with Crippen LogP contribution in [0.5, 0.6) is 11.5 Å². The molecule has 0 aliphatic carbocycles. The second-order valence-electron chi connectivity index (χ2n) is 5.73. The van der Waals surface area contributed by atoms with Crippen LogP contribution in [0.4, 0.5) is 18.0 Å². The van der Waals surface area contributed by atoms with Crippen LogP contribution >= 0.6 is 11.8 Å². The number of methoxy groups -OCH3 is 1. The van der Waals surface area contributed by atoms with Gasteiger partial charge < -0.3 is 9.47 Å². The van der Waals surface area contributed by atoms with Crippen molar-refractivity contribution in [1.82, 2.24) is 5.32 Å². The van der Waals surface area contributed by atoms with Crippen LogP contribution in [-0.4, -0.2) is 18.3 Å². The number of imide groups is 1. The second-order valence-corrected chi connectivity index (χ2v) is 6.75. The molecular formula is C19H14F3NO4S. The van der Waals surface area contributed by atoms with Gasteiger partial charge in [-0.25, -0.2) is 0 Å². The first-order chi connectivity index (χ1) is 13.3. The largest absolute Gasteiger partial charge is 0.496 e. The van der Waals surface area contributed by atoms with Crippen molar-refractivity contribution in [2.45, 2.75) is 12.8 Å². The lowest BCUT2D eigenvalue weighted by Crippen LogP contribution is -2.17. The first kappa shape index (κ1) is 19.8. The summed E-state index contributed by atoms with van der Waals surface area (Å²) < 4.78 is 48.6. The van der Waals surface area contributed by atoms with E-state index in [2.05, 4.69) is 5.32 Å². The number of carbonyl (C=O) groups excluding carboxylic acids is 2. The number of carbonyl (C=O) groups is 2. The smallest absolute Gasteiger partial charge is 0.416 e. The Labute approximate surface area is 162 Å². The van der Waals surface area contributed by atoms with Crippen LogP contribution in [0, 0.1) is 0 Å². The molecule has 0 saturated carbocycles. The Morgan fingerprint density at radius 2 is 1.82 bits per heavy atom. The van der Waals surface area contributed by atoms with Crippen molar-refractivity contribution < 1.29 is 32.2 Å². The first-order valence-electron chi connectivity index (χ1n) is 7.98. The van der Waals surface area contributed by atoms with E-state index >= 15 is 0 Å². The number of thioether (sulfide) groups is 1. The zero-order valence-corrected chi connectivity index (χ0v) is 15.3. The highest BCUT2D eigenvalue weighted by Crippen LogP contribution is 2.31. The molecule has 9 heteroatoms. The topological polar surface area (TPSA) is 64.6 Å². The molecule has 1 heterocycles. The Bertz CT molecular complexity index is 939. The fourth-order valence-electron chi connectivity index (χ4n) is 2.44. The molecule has 1 aliphatic heterocycles. The molecule has 3 rings (SSSR count). The Morgan fingerprint density at radius 3 is 2.39 bits per heavy atom. The van der Waals surface area contributed by atoms with E-state index < -0.39 is 22.9 Å². The molecule has 2 aromatic carbocycles. The van der Waals surface area contributed by atoms with Crippen LogP contribution in [0.2, 0.25) is 0 Å². The minimum Gasteiger partial charge on any atom is -0.496 e. The van der Waals surface area contributed by atoms with Gasteiger partial charge in [0.1, 0.15) is 18.1 Å². The zero-order valence-electron chi connectivity index (χ0n) is 14.5. The summed E-state index contributed by atoms with van der Waals surface area (Å²) in [6.45, 7) is 0.0825. The molecule has 2 aromatic rings. The minimum atomic E-state index is -4.40. The summed E-state index contributed by atoms with van der Waals surface area (Å²) in [6, 6.07) is 9.52. The average molecular weight is 409 g/mol. The van der Waals surface area contributed by atoms with Crippen LogP contribution in [0.1, 0.15) is 16.7 Å². The summed E-state index contributed by atoms with van der Waals surface area (Å²) in [7, 11) is 1.47. The van der Waals surface area contributed by atoms with E-state index in [1.54, 1.807) is 24.3 Å². The van der Waals surface area contributed by atoms with E-state index in [1.807, 2.05) is 0 Å². The molecular weight excluding hydrogens is 395 g/mol. The van der Waals surface area contributed by atoms with E-state index in [-0.39, 0.29) is 11.5 Å². The molecule has 0 unspecified atom stereocenters. The van der Waals surface area contributed by atoms with Gasteiger partial charge in [0.15, 0.2) is 0 Å². The molecule has 0 radical (unpaired) electrons. The summed E-state index contributed by atoms with van der Waals surface area (Å²) >= 11 is 0.812. The van der Waals surface area contributed by atoms with Gasteiger partial charge >= 0.3 is 6.18 Å². The fraction of sp³-hybridized carbons (Fsp3) is 0.158. The molecule has 1 N–H and O–H groups in total. The SMILES string of the molecule is COc1cc(/C=C2\SC(=O)NC2=O)ccc1COc1ccc(C(F)(F)F)cc1. The van der Waals surface area contributed by atoms with Crippen molar-refractivity contribution in [2.75, 3.05) is 7.11 Å². The predicted octanol–water partition coefficient (Wildman–Crippen LogP) is 4.62. The van der Waals surface area contributed by atoms with E-state index in [4.69, 9.17) is 9.47 Å². The molecule has 0 bridgehead atoms. The third kappa shape index (κ3) is 4.66. The number of amides is 2. The van der Waals surface area contributed by atoms with Gasteiger partial charge in [-0.2, -0.15) is 13.2 Å². The Morgan fingerprint density at radius 1 is 1.11 bits per heavy atom. The normalized spacial score (nSPS) is 15.6. The third-order valence-electron chi connectivity index (χ3n) is 3.83. The van der Waals surface area contributed by atoms with Crippen molar-refractivity contribution in [3.05, 3.63) is 64.1 Å². The number of nitrogens with one attached hydrogen (secondary N) is 1. The summed E-state index contributed by atoms with van der Waals surface area (Å²) in [4.78, 5) is 23.1. The molecule has 2 amide bonds. The summed E-state index contributed by atoms with van der Waals surface area (Å²) in [5.41, 5.74) is 0.578. The predicted molar refractivity (Wildman–Crippen MR) is 97.9 cm³/mol. The molecule has 0 spiro atoms. The van der Waals surface area contributed by atoms with Crippen molar-refractivity contribution in [3.63, 3.8) is 0 Å². The Balaban J connectivity index is 1.72. The van der Waals surface area contributed by atoms with Gasteiger partial charge in [-0.3, -0.25) is 14.9 Å². The summed E-state index contributed by atoms with van der Waals surface area (Å²) in [5.74, 6) is 0.318. The van der Waals surface area contributed by atoms with Gasteiger partial charge in [0.05, 0.1) is 17.6 Å². The molecule has 146 valence electrons. The van der Waals surface area contributed by atoms with Gasteiger partial charge in [-0.1, -0.05) is 12.1 Å². The van der Waals surface area contributed by atoms with Crippen molar-refractivity contribution >= 4 is 29.0 Å². The van der Waals surface area contributed by atoms with Crippen LogP contribution in [0.15, 0.2) is 47.4 Å². The summed E-state index contributed by atoms with van der Waals surface area (Å²) in [6.07, 6.45) is -2.83. The van der Waals surface area contributed by atoms with Crippen LogP contribution in [0.25, 0.3) is 6.08 Å². The van der Waals surface area contributed by atoms with Gasteiger partial charge in [0, 0.05) is 5.56 Å². The van der Waals surface area contributed by atoms with E-state index in [9.17, 15) is 22.8 Å². The molecule has 1 fully saturated rings. The van der Waals surface area contributed by atoms with Crippen LogP contribution < -0.4 is 14.8 Å². The van der Waals surface area contributed by atoms with E-state index in [0.717, 1.165) is 23.9 Å². The first-order valence-corrected chi connectivity index (χ1v) is 8.80. The lowest BCUT2D eigenvalue weighted by atomic mass is 10.1. The van der Waals surface area contributed by atoms with Gasteiger partial charge in [-0.15, -0.1) is 0 Å². The number of halogens is 3. The van der Waals surface area contributed by atoms with Gasteiger partial charge in [-0.05, 0) is 53.7 Å². The van der Waals surface area contributed by atoms with Crippen LogP contribution in [0.3, 0.4) is 0 Å². The molecule has 5 nitrogen and oxygen atoms in total. The maximum atomic E-state index is 12.6. The van der Waals surface area contributed by atoms with Crippen molar-refractivity contribution in [2.24, 2.45) is 0 Å². The number of rotatable bonds is 5. The lowest BCUT2D eigenvalue weighted by Gasteiger charge is -2.12. The maximum Gasteiger partial charge on any atom is 0.416 e. The fourth-order valence-corrected chi connectivity index (χ4v) is 3.13. The van der Waals surface area contributed by atoms with Gasteiger partial charge in [0.2, 0.25) is 0 Å². The monoisotopic (exact) mass is 409 g/mol. The highest BCUT2D eigenvalue weighted by Gasteiger charge is 2.30. The van der Waals surface area contributed by atoms with E-state index in [1.165, 1.54) is 19.2 Å². The highest BCUT2D eigenvalue weighted by molar-refractivity contribution is 8.18. The maximum absolute atomic E-state index is 12.6. The minimum absolute atomic E-state index is 0.0825. The standard InChI is InChI=1S/C19H14F3NO4S/c1-26-15-8-11(9-16-17(24)23-18(25)28-16)2-3-12(15)10-27-14-6-4-13(5-7-14)19(20,21)22/h2-9H,10H2,1H3,(H,23,24,25)/b16-9-. The van der Waals surface area contributed by atoms with Crippen molar-refractivity contribution in [3.8, 4) is 11.5 Å². The molecule has 1 aliphatic rings. The number of alkyl halides is 3. The van der Waals surface area contributed by atoms with E-state index in [0.29, 0.717) is 22.6 Å². The molecule has 0 aromatic heterocycles. The zero-order chi connectivity index (χ0) is 20.3. The Hall–Kier alpha value is -2.94. The Kier molecular flexibility index (Phi) is 5.64. The number of ether oxygens (including phenoxy) is 2. The second kappa shape index (κ2) is 7.97. The third-order valence-corrected chi connectivity index (χ3v) is 4.64. The number of benzene rings is 2. The lowest BCUT2D eigenvalue weighted by molar-refractivity contribution is -0.137. The van der Waals surface area contributed by atoms with Crippen molar-refractivity contribution in [1.29, 1.82) is 0 Å². The molecule has 1 saturated heterocycles. The number of hydrogen-bond donors (Lipinski definition) is 1. The number of hydrogen-bond acceptors (Lipinski definition) is 5.